The van der Waals surface area contributed by atoms with E-state index in [0.717, 1.165) is 17.5 Å². The van der Waals surface area contributed by atoms with Crippen LogP contribution in [0, 0.1) is 0 Å². The van der Waals surface area contributed by atoms with Crippen LogP contribution in [0.3, 0.4) is 0 Å². The fourth-order valence-corrected chi connectivity index (χ4v) is 3.35. The van der Waals surface area contributed by atoms with E-state index in [1.54, 1.807) is 29.2 Å². The summed E-state index contributed by atoms with van der Waals surface area (Å²) in [5.41, 5.74) is 3.23. The number of carbonyl (C=O) groups excluding carboxylic acids is 2. The fourth-order valence-electron chi connectivity index (χ4n) is 3.13. The van der Waals surface area contributed by atoms with Gasteiger partial charge >= 0.3 is 0 Å². The van der Waals surface area contributed by atoms with Gasteiger partial charge in [-0.1, -0.05) is 29.8 Å². The molecule has 27 heavy (non-hydrogen) atoms. The lowest BCUT2D eigenvalue weighted by Gasteiger charge is -2.28. The summed E-state index contributed by atoms with van der Waals surface area (Å²) in [5, 5.41) is 3.27. The lowest BCUT2D eigenvalue weighted by Crippen LogP contribution is -2.35. The van der Waals surface area contributed by atoms with Gasteiger partial charge in [-0.2, -0.15) is 0 Å². The number of oxazole rings is 1. The van der Waals surface area contributed by atoms with Crippen LogP contribution in [0.25, 0.3) is 0 Å². The van der Waals surface area contributed by atoms with Crippen LogP contribution in [-0.4, -0.2) is 28.2 Å². The summed E-state index contributed by atoms with van der Waals surface area (Å²) in [6.45, 7) is 1.06. The van der Waals surface area contributed by atoms with Crippen molar-refractivity contribution in [3.63, 3.8) is 0 Å². The van der Waals surface area contributed by atoms with Crippen LogP contribution in [0.1, 0.15) is 32.0 Å². The number of benzene rings is 2. The Morgan fingerprint density at radius 3 is 2.78 bits per heavy atom. The Bertz CT molecular complexity index is 1000. The number of hydrogen-bond donors (Lipinski definition) is 1. The maximum absolute atomic E-state index is 12.5. The van der Waals surface area contributed by atoms with Crippen LogP contribution >= 0.6 is 11.6 Å². The summed E-state index contributed by atoms with van der Waals surface area (Å²) in [6, 6.07) is 12.6. The number of hydrogen-bond acceptors (Lipinski definition) is 4. The number of fused-ring (bicyclic) bond motifs is 1. The highest BCUT2D eigenvalue weighted by atomic mass is 35.5. The van der Waals surface area contributed by atoms with Gasteiger partial charge in [0.15, 0.2) is 6.39 Å². The fraction of sp³-hybridized carbons (Fsp3) is 0.150. The highest BCUT2D eigenvalue weighted by Gasteiger charge is 2.24. The number of halogens is 1. The van der Waals surface area contributed by atoms with Crippen molar-refractivity contribution in [3.8, 4) is 0 Å². The second kappa shape index (κ2) is 7.25. The number of nitrogens with zero attached hydrogens (tertiary/aromatic N) is 2. The van der Waals surface area contributed by atoms with Crippen molar-refractivity contribution in [2.75, 3.05) is 11.9 Å². The van der Waals surface area contributed by atoms with Crippen LogP contribution in [0.15, 0.2) is 59.5 Å². The van der Waals surface area contributed by atoms with Gasteiger partial charge in [0.1, 0.15) is 0 Å². The molecule has 0 saturated carbocycles. The third kappa shape index (κ3) is 3.57. The minimum atomic E-state index is -0.272. The molecule has 0 radical (unpaired) electrons. The molecule has 0 spiro atoms. The molecule has 2 aromatic carbocycles. The Hall–Kier alpha value is -3.12. The Kier molecular flexibility index (Phi) is 4.64. The third-order valence-corrected chi connectivity index (χ3v) is 4.85. The van der Waals surface area contributed by atoms with Crippen molar-refractivity contribution in [2.45, 2.75) is 13.0 Å². The highest BCUT2D eigenvalue weighted by molar-refractivity contribution is 6.34. The summed E-state index contributed by atoms with van der Waals surface area (Å²) in [4.78, 5) is 30.4. The summed E-state index contributed by atoms with van der Waals surface area (Å²) in [7, 11) is 0. The van der Waals surface area contributed by atoms with Gasteiger partial charge in [-0.3, -0.25) is 9.59 Å². The van der Waals surface area contributed by atoms with Crippen molar-refractivity contribution in [2.24, 2.45) is 0 Å². The van der Waals surface area contributed by atoms with Crippen LogP contribution in [-0.2, 0) is 13.0 Å². The Labute approximate surface area is 160 Å². The second-order valence-corrected chi connectivity index (χ2v) is 6.67. The van der Waals surface area contributed by atoms with Gasteiger partial charge in [-0.15, -0.1) is 0 Å². The zero-order valence-electron chi connectivity index (χ0n) is 14.3. The molecule has 1 N–H and O–H groups in total. The van der Waals surface area contributed by atoms with Gasteiger partial charge in [0.2, 0.25) is 5.76 Å². The monoisotopic (exact) mass is 381 g/mol. The quantitative estimate of drug-likeness (QED) is 0.749. The second-order valence-electron chi connectivity index (χ2n) is 6.26. The molecule has 0 atom stereocenters. The molecular formula is C20H16ClN3O3. The molecule has 4 rings (SSSR count). The summed E-state index contributed by atoms with van der Waals surface area (Å²) in [5.74, 6) is -0.240. The molecule has 0 unspecified atom stereocenters. The number of carbonyl (C=O) groups is 2. The van der Waals surface area contributed by atoms with Crippen molar-refractivity contribution in [3.05, 3.63) is 82.5 Å². The number of rotatable bonds is 3. The molecule has 2 amide bonds. The van der Waals surface area contributed by atoms with Crippen molar-refractivity contribution < 1.29 is 14.0 Å². The van der Waals surface area contributed by atoms with Crippen molar-refractivity contribution in [1.29, 1.82) is 0 Å². The zero-order valence-corrected chi connectivity index (χ0v) is 15.1. The smallest absolute Gasteiger partial charge is 0.291 e. The number of anilines is 1. The van der Waals surface area contributed by atoms with E-state index in [4.69, 9.17) is 16.0 Å². The van der Waals surface area contributed by atoms with Gasteiger partial charge in [-0.25, -0.2) is 4.98 Å². The van der Waals surface area contributed by atoms with Gasteiger partial charge in [-0.05, 0) is 41.8 Å². The minimum Gasteiger partial charge on any atom is -0.438 e. The predicted molar refractivity (Wildman–Crippen MR) is 101 cm³/mol. The highest BCUT2D eigenvalue weighted by Crippen LogP contribution is 2.25. The van der Waals surface area contributed by atoms with Gasteiger partial charge in [0, 0.05) is 18.8 Å². The third-order valence-electron chi connectivity index (χ3n) is 4.53. The molecule has 136 valence electrons. The van der Waals surface area contributed by atoms with Gasteiger partial charge in [0.05, 0.1) is 16.8 Å². The van der Waals surface area contributed by atoms with Crippen molar-refractivity contribution >= 4 is 29.1 Å². The van der Waals surface area contributed by atoms with E-state index in [1.165, 1.54) is 12.6 Å². The SMILES string of the molecule is O=C(Nc1ccc2c(c1)CN(C(=O)c1cnco1)CC2)c1ccccc1Cl. The maximum atomic E-state index is 12.5. The van der Waals surface area contributed by atoms with E-state index < -0.39 is 0 Å². The number of amides is 2. The molecule has 0 fully saturated rings. The zero-order chi connectivity index (χ0) is 18.8. The molecule has 3 aromatic rings. The molecule has 6 nitrogen and oxygen atoms in total. The van der Waals surface area contributed by atoms with Crippen LogP contribution in [0.5, 0.6) is 0 Å². The van der Waals surface area contributed by atoms with E-state index in [-0.39, 0.29) is 17.6 Å². The lowest BCUT2D eigenvalue weighted by molar-refractivity contribution is 0.0702. The molecule has 1 aliphatic rings. The van der Waals surface area contributed by atoms with E-state index in [1.807, 2.05) is 18.2 Å². The van der Waals surface area contributed by atoms with Gasteiger partial charge in [0.25, 0.3) is 11.8 Å². The number of aromatic nitrogens is 1. The van der Waals surface area contributed by atoms with Crippen LogP contribution < -0.4 is 5.32 Å². The average Bonchev–Trinajstić information content (AvgIpc) is 3.22. The largest absolute Gasteiger partial charge is 0.438 e. The Morgan fingerprint density at radius 1 is 1.15 bits per heavy atom. The summed E-state index contributed by atoms with van der Waals surface area (Å²) < 4.78 is 5.10. The average molecular weight is 382 g/mol. The lowest BCUT2D eigenvalue weighted by atomic mass is 9.98. The molecule has 7 heteroatoms. The van der Waals surface area contributed by atoms with E-state index in [9.17, 15) is 9.59 Å². The first-order valence-electron chi connectivity index (χ1n) is 8.47. The summed E-state index contributed by atoms with van der Waals surface area (Å²) >= 11 is 6.08. The molecular weight excluding hydrogens is 366 g/mol. The topological polar surface area (TPSA) is 75.4 Å². The number of nitrogens with one attached hydrogen (secondary N) is 1. The van der Waals surface area contributed by atoms with Crippen molar-refractivity contribution in [1.82, 2.24) is 9.88 Å². The molecule has 0 bridgehead atoms. The first-order chi connectivity index (χ1) is 13.1. The molecule has 0 saturated heterocycles. The van der Waals surface area contributed by atoms with Crippen LogP contribution in [0.2, 0.25) is 5.02 Å². The Balaban J connectivity index is 1.52. The normalized spacial score (nSPS) is 13.1. The molecule has 1 aliphatic heterocycles. The van der Waals surface area contributed by atoms with Crippen LogP contribution in [0.4, 0.5) is 5.69 Å². The molecule has 0 aliphatic carbocycles. The summed E-state index contributed by atoms with van der Waals surface area (Å²) in [6.07, 6.45) is 3.40. The van der Waals surface area contributed by atoms with E-state index >= 15 is 0 Å². The predicted octanol–water partition coefficient (Wildman–Crippen LogP) is 3.78. The first kappa shape index (κ1) is 17.3. The molecule has 2 heterocycles. The van der Waals surface area contributed by atoms with E-state index in [2.05, 4.69) is 10.3 Å². The van der Waals surface area contributed by atoms with E-state index in [0.29, 0.717) is 29.4 Å². The molecule has 1 aromatic heterocycles. The maximum Gasteiger partial charge on any atom is 0.291 e. The standard InChI is InChI=1S/C20H16ClN3O3/c21-17-4-2-1-3-16(17)19(25)23-15-6-5-13-7-8-24(11-14(13)9-15)20(26)18-10-22-12-27-18/h1-6,9-10,12H,7-8,11H2,(H,23,25). The minimum absolute atomic E-state index is 0.191. The Morgan fingerprint density at radius 2 is 2.00 bits per heavy atom. The first-order valence-corrected chi connectivity index (χ1v) is 8.85. The van der Waals surface area contributed by atoms with Gasteiger partial charge < -0.3 is 14.6 Å².